The van der Waals surface area contributed by atoms with Crippen molar-refractivity contribution < 1.29 is 21.6 Å². The molecule has 0 radical (unpaired) electrons. The predicted octanol–water partition coefficient (Wildman–Crippen LogP) is 3.61. The highest BCUT2D eigenvalue weighted by molar-refractivity contribution is 7.90. The van der Waals surface area contributed by atoms with Crippen molar-refractivity contribution in [3.8, 4) is 6.19 Å². The number of nitriles is 1. The Balaban J connectivity index is 2.42. The van der Waals surface area contributed by atoms with Gasteiger partial charge in [-0.1, -0.05) is 11.6 Å². The number of guanidine groups is 1. The number of sulfonamides is 1. The fourth-order valence-electron chi connectivity index (χ4n) is 2.25. The Morgan fingerprint density at radius 3 is 2.60 bits per heavy atom. The predicted molar refractivity (Wildman–Crippen MR) is 106 cm³/mol. The number of benzene rings is 1. The minimum absolute atomic E-state index is 0.0411. The number of alkyl halides is 3. The van der Waals surface area contributed by atoms with E-state index in [1.807, 2.05) is 0 Å². The van der Waals surface area contributed by atoms with Crippen LogP contribution in [0.5, 0.6) is 0 Å². The summed E-state index contributed by atoms with van der Waals surface area (Å²) in [7, 11) is -4.29. The van der Waals surface area contributed by atoms with Gasteiger partial charge in [0.1, 0.15) is 4.90 Å². The molecule has 3 N–H and O–H groups in total. The van der Waals surface area contributed by atoms with Crippen molar-refractivity contribution in [2.75, 3.05) is 5.32 Å². The minimum atomic E-state index is -4.69. The summed E-state index contributed by atoms with van der Waals surface area (Å²) in [6.45, 7) is 3.34. The second-order valence-corrected chi connectivity index (χ2v) is 8.16. The zero-order valence-electron chi connectivity index (χ0n) is 15.6. The van der Waals surface area contributed by atoms with Gasteiger partial charge in [-0.3, -0.25) is 10.3 Å². The molecule has 0 aliphatic rings. The molecular weight excluding hydrogens is 445 g/mol. The molecular formula is C17H16ClF3N6O2S. The molecule has 13 heteroatoms. The zero-order valence-corrected chi connectivity index (χ0v) is 17.2. The monoisotopic (exact) mass is 460 g/mol. The van der Waals surface area contributed by atoms with Crippen LogP contribution in [0.2, 0.25) is 5.02 Å². The molecule has 0 spiro atoms. The molecule has 0 amide bonds. The van der Waals surface area contributed by atoms with E-state index >= 15 is 0 Å². The first-order chi connectivity index (χ1) is 13.9. The molecule has 0 saturated heterocycles. The van der Waals surface area contributed by atoms with E-state index in [2.05, 4.69) is 25.3 Å². The number of aliphatic imine (C=N–C) groups is 1. The number of halogens is 4. The van der Waals surface area contributed by atoms with Gasteiger partial charge in [-0.2, -0.15) is 18.4 Å². The molecule has 8 nitrogen and oxygen atoms in total. The average Bonchev–Trinajstić information content (AvgIpc) is 2.62. The van der Waals surface area contributed by atoms with Crippen molar-refractivity contribution in [3.63, 3.8) is 0 Å². The van der Waals surface area contributed by atoms with Crippen LogP contribution in [-0.2, 0) is 16.2 Å². The normalized spacial score (nSPS) is 12.4. The van der Waals surface area contributed by atoms with Gasteiger partial charge in [0.05, 0.1) is 16.3 Å². The van der Waals surface area contributed by atoms with Crippen LogP contribution in [0, 0.1) is 11.5 Å². The molecule has 1 aromatic carbocycles. The summed E-state index contributed by atoms with van der Waals surface area (Å²) in [5, 5.41) is 13.0. The molecule has 0 saturated carbocycles. The van der Waals surface area contributed by atoms with Gasteiger partial charge >= 0.3 is 6.18 Å². The molecule has 0 aliphatic carbocycles. The van der Waals surface area contributed by atoms with Gasteiger partial charge in [-0.25, -0.2) is 18.1 Å². The van der Waals surface area contributed by atoms with E-state index in [1.54, 1.807) is 20.0 Å². The van der Waals surface area contributed by atoms with E-state index < -0.39 is 26.8 Å². The zero-order chi connectivity index (χ0) is 22.5. The van der Waals surface area contributed by atoms with Gasteiger partial charge < -0.3 is 5.32 Å². The summed E-state index contributed by atoms with van der Waals surface area (Å²) in [4.78, 5) is 7.33. The average molecular weight is 461 g/mol. The van der Waals surface area contributed by atoms with Gasteiger partial charge in [0.2, 0.25) is 5.96 Å². The number of rotatable bonds is 5. The van der Waals surface area contributed by atoms with Gasteiger partial charge in [0, 0.05) is 24.1 Å². The third-order valence-corrected chi connectivity index (χ3v) is 5.11. The number of pyridine rings is 1. The maximum Gasteiger partial charge on any atom is 0.417 e. The van der Waals surface area contributed by atoms with Crippen LogP contribution in [0.25, 0.3) is 0 Å². The van der Waals surface area contributed by atoms with E-state index in [-0.39, 0.29) is 28.3 Å². The van der Waals surface area contributed by atoms with Crippen molar-refractivity contribution in [1.82, 2.24) is 15.0 Å². The molecule has 0 bridgehead atoms. The van der Waals surface area contributed by atoms with Gasteiger partial charge in [0.15, 0.2) is 6.19 Å². The van der Waals surface area contributed by atoms with E-state index in [9.17, 15) is 21.6 Å². The highest BCUT2D eigenvalue weighted by atomic mass is 35.5. The first-order valence-corrected chi connectivity index (χ1v) is 10.1. The molecule has 1 heterocycles. The topological polar surface area (TPSA) is 119 Å². The smallest absolute Gasteiger partial charge is 0.354 e. The molecule has 30 heavy (non-hydrogen) atoms. The molecule has 0 aliphatic heterocycles. The maximum atomic E-state index is 13.1. The van der Waals surface area contributed by atoms with E-state index in [1.165, 1.54) is 18.3 Å². The minimum Gasteiger partial charge on any atom is -0.354 e. The largest absolute Gasteiger partial charge is 0.417 e. The number of hydrogen-bond donors (Lipinski definition) is 3. The lowest BCUT2D eigenvalue weighted by Gasteiger charge is -2.16. The highest BCUT2D eigenvalue weighted by Crippen LogP contribution is 2.37. The van der Waals surface area contributed by atoms with Gasteiger partial charge in [-0.05, 0) is 38.1 Å². The van der Waals surface area contributed by atoms with E-state index in [4.69, 9.17) is 16.9 Å². The standard InChI is InChI=1S/C17H16ClF3N6O2S/c1-10(2)25-16(24-9-22)27-30(28,29)15-8-23-6-5-14(15)26-11-3-4-13(18)12(7-11)17(19,20)21/h3-8,10H,1-2H3,(H,23,26)(H2,24,25,27). The van der Waals surface area contributed by atoms with Crippen LogP contribution < -0.4 is 15.4 Å². The molecule has 0 unspecified atom stereocenters. The molecule has 0 fully saturated rings. The Hall–Kier alpha value is -3.04. The maximum absolute atomic E-state index is 13.1. The number of nitrogens with one attached hydrogen (secondary N) is 3. The molecule has 1 aromatic heterocycles. The molecule has 2 aromatic rings. The van der Waals surface area contributed by atoms with Gasteiger partial charge in [-0.15, -0.1) is 0 Å². The van der Waals surface area contributed by atoms with Crippen LogP contribution in [0.3, 0.4) is 0 Å². The Morgan fingerprint density at radius 1 is 1.30 bits per heavy atom. The Labute approximate surface area is 175 Å². The van der Waals surface area contributed by atoms with Crippen LogP contribution in [-0.4, -0.2) is 25.4 Å². The summed E-state index contributed by atoms with van der Waals surface area (Å²) in [5.41, 5.74) is -1.16. The van der Waals surface area contributed by atoms with Crippen LogP contribution in [0.4, 0.5) is 24.5 Å². The van der Waals surface area contributed by atoms with Gasteiger partial charge in [0.25, 0.3) is 10.0 Å². The lowest BCUT2D eigenvalue weighted by atomic mass is 10.2. The fourth-order valence-corrected chi connectivity index (χ4v) is 3.55. The van der Waals surface area contributed by atoms with Crippen molar-refractivity contribution in [3.05, 3.63) is 47.2 Å². The third-order valence-electron chi connectivity index (χ3n) is 3.42. The van der Waals surface area contributed by atoms with Crippen LogP contribution >= 0.6 is 11.6 Å². The SMILES string of the molecule is CC(C)N=C(NC#N)NS(=O)(=O)c1cnccc1Nc1ccc(Cl)c(C(F)(F)F)c1. The number of anilines is 2. The summed E-state index contributed by atoms with van der Waals surface area (Å²) >= 11 is 5.61. The number of aromatic nitrogens is 1. The van der Waals surface area contributed by atoms with Crippen LogP contribution in [0.1, 0.15) is 19.4 Å². The van der Waals surface area contributed by atoms with E-state index in [0.717, 1.165) is 18.3 Å². The second-order valence-electron chi connectivity index (χ2n) is 6.10. The first kappa shape index (κ1) is 23.2. The molecule has 2 rings (SSSR count). The van der Waals surface area contributed by atoms with Crippen molar-refractivity contribution in [1.29, 1.82) is 5.26 Å². The summed E-state index contributed by atoms with van der Waals surface area (Å²) in [6, 6.07) is 4.02. The Kier molecular flexibility index (Phi) is 7.12. The van der Waals surface area contributed by atoms with Crippen LogP contribution in [0.15, 0.2) is 46.5 Å². The lowest BCUT2D eigenvalue weighted by Crippen LogP contribution is -2.39. The Morgan fingerprint density at radius 2 is 2.00 bits per heavy atom. The lowest BCUT2D eigenvalue weighted by molar-refractivity contribution is -0.137. The first-order valence-electron chi connectivity index (χ1n) is 8.27. The third kappa shape index (κ3) is 5.98. The van der Waals surface area contributed by atoms with Crippen molar-refractivity contribution >= 4 is 39.0 Å². The summed E-state index contributed by atoms with van der Waals surface area (Å²) < 4.78 is 66.9. The molecule has 0 atom stereocenters. The van der Waals surface area contributed by atoms with Crippen molar-refractivity contribution in [2.45, 2.75) is 31.0 Å². The molecule has 160 valence electrons. The number of nitrogens with zero attached hydrogens (tertiary/aromatic N) is 3. The quantitative estimate of drug-likeness (QED) is 0.271. The number of hydrogen-bond acceptors (Lipinski definition) is 6. The second kappa shape index (κ2) is 9.19. The van der Waals surface area contributed by atoms with E-state index in [0.29, 0.717) is 0 Å². The Bertz CT molecular complexity index is 1100. The fraction of sp³-hybridized carbons (Fsp3) is 0.235. The summed E-state index contributed by atoms with van der Waals surface area (Å²) in [6.07, 6.45) is -0.850. The highest BCUT2D eigenvalue weighted by Gasteiger charge is 2.33. The van der Waals surface area contributed by atoms with Crippen molar-refractivity contribution in [2.24, 2.45) is 4.99 Å². The summed E-state index contributed by atoms with van der Waals surface area (Å²) in [5.74, 6) is -0.312.